The van der Waals surface area contributed by atoms with Crippen molar-refractivity contribution in [3.63, 3.8) is 0 Å². The molecule has 0 aliphatic carbocycles. The molecule has 1 aromatic rings. The maximum Gasteiger partial charge on any atom is 0.509 e. The van der Waals surface area contributed by atoms with Crippen molar-refractivity contribution in [2.75, 3.05) is 6.54 Å². The highest BCUT2D eigenvalue weighted by Gasteiger charge is 2.24. The van der Waals surface area contributed by atoms with Gasteiger partial charge in [0.1, 0.15) is 0 Å². The topological polar surface area (TPSA) is 26.0 Å². The molecule has 13 heavy (non-hydrogen) atoms. The van der Waals surface area contributed by atoms with E-state index in [1.54, 1.807) is 0 Å². The van der Waals surface area contributed by atoms with E-state index in [0.717, 1.165) is 17.7 Å². The predicted octanol–water partition coefficient (Wildman–Crippen LogP) is 1.24. The van der Waals surface area contributed by atoms with Gasteiger partial charge in [-0.05, 0) is 18.5 Å². The Balaban J connectivity index is 2.81. The molecule has 0 bridgehead atoms. The van der Waals surface area contributed by atoms with E-state index in [2.05, 4.69) is 0 Å². The summed E-state index contributed by atoms with van der Waals surface area (Å²) in [5.41, 5.74) is 5.55. The summed E-state index contributed by atoms with van der Waals surface area (Å²) in [6, 6.07) is 5.14. The van der Waals surface area contributed by atoms with Crippen LogP contribution in [0.2, 0.25) is 0 Å². The standard InChI is InChI=1S/C8H10BF3N/c10-9(11,12)8-3-1-7(2-4-8)5-6-13/h1-4H,5-6,13H2/q-1. The minimum absolute atomic E-state index is 0.455. The monoisotopic (exact) mass is 188 g/mol. The van der Waals surface area contributed by atoms with Crippen LogP contribution in [0.4, 0.5) is 12.9 Å². The number of hydrogen-bond donors (Lipinski definition) is 1. The number of rotatable bonds is 3. The second kappa shape index (κ2) is 3.83. The summed E-state index contributed by atoms with van der Waals surface area (Å²) < 4.78 is 36.4. The summed E-state index contributed by atoms with van der Waals surface area (Å²) >= 11 is 0. The van der Waals surface area contributed by atoms with Crippen molar-refractivity contribution in [3.8, 4) is 0 Å². The van der Waals surface area contributed by atoms with Crippen LogP contribution in [0.1, 0.15) is 5.56 Å². The van der Waals surface area contributed by atoms with Crippen molar-refractivity contribution in [1.29, 1.82) is 0 Å². The number of hydrogen-bond acceptors (Lipinski definition) is 1. The van der Waals surface area contributed by atoms with Crippen LogP contribution in [0.5, 0.6) is 0 Å². The lowest BCUT2D eigenvalue weighted by Gasteiger charge is -2.14. The van der Waals surface area contributed by atoms with Gasteiger partial charge < -0.3 is 18.7 Å². The van der Waals surface area contributed by atoms with E-state index < -0.39 is 12.4 Å². The van der Waals surface area contributed by atoms with Crippen LogP contribution in [0, 0.1) is 0 Å². The first-order valence-electron chi connectivity index (χ1n) is 4.03. The number of benzene rings is 1. The Morgan fingerprint density at radius 1 is 1.08 bits per heavy atom. The SMILES string of the molecule is NCCc1ccc([B-](F)(F)F)cc1. The fourth-order valence-electron chi connectivity index (χ4n) is 1.07. The largest absolute Gasteiger partial charge is 0.509 e. The van der Waals surface area contributed by atoms with Gasteiger partial charge in [0, 0.05) is 0 Å². The second-order valence-corrected chi connectivity index (χ2v) is 2.86. The normalized spacial score (nSPS) is 11.7. The van der Waals surface area contributed by atoms with Crippen LogP contribution in [0.25, 0.3) is 0 Å². The average molecular weight is 188 g/mol. The molecule has 0 unspecified atom stereocenters. The quantitative estimate of drug-likeness (QED) is 0.709. The van der Waals surface area contributed by atoms with Gasteiger partial charge in [-0.15, -0.1) is 5.46 Å². The Kier molecular flexibility index (Phi) is 2.98. The molecule has 0 saturated heterocycles. The minimum atomic E-state index is -4.86. The number of nitrogens with two attached hydrogens (primary N) is 1. The first-order chi connectivity index (χ1) is 6.04. The molecule has 2 N–H and O–H groups in total. The highest BCUT2D eigenvalue weighted by Crippen LogP contribution is 2.09. The maximum atomic E-state index is 12.1. The molecule has 1 aromatic carbocycles. The van der Waals surface area contributed by atoms with Gasteiger partial charge in [-0.25, -0.2) is 0 Å². The zero-order valence-corrected chi connectivity index (χ0v) is 7.01. The highest BCUT2D eigenvalue weighted by molar-refractivity contribution is 6.73. The molecule has 0 atom stereocenters. The summed E-state index contributed by atoms with van der Waals surface area (Å²) in [6.45, 7) is -4.41. The zero-order chi connectivity index (χ0) is 9.90. The fourth-order valence-corrected chi connectivity index (χ4v) is 1.07. The molecule has 0 amide bonds. The first kappa shape index (κ1) is 10.1. The van der Waals surface area contributed by atoms with E-state index in [0.29, 0.717) is 13.0 Å². The van der Waals surface area contributed by atoms with Crippen LogP contribution in [0.15, 0.2) is 24.3 Å². The van der Waals surface area contributed by atoms with Crippen LogP contribution in [0.3, 0.4) is 0 Å². The van der Waals surface area contributed by atoms with Crippen molar-refractivity contribution in [3.05, 3.63) is 29.8 Å². The van der Waals surface area contributed by atoms with Crippen LogP contribution in [-0.2, 0) is 6.42 Å². The van der Waals surface area contributed by atoms with Gasteiger partial charge in [0.15, 0.2) is 0 Å². The van der Waals surface area contributed by atoms with Crippen molar-refractivity contribution in [2.24, 2.45) is 5.73 Å². The Hall–Kier alpha value is -0.965. The average Bonchev–Trinajstić information content (AvgIpc) is 2.04. The van der Waals surface area contributed by atoms with Crippen LogP contribution in [-0.4, -0.2) is 13.5 Å². The maximum absolute atomic E-state index is 12.1. The third kappa shape index (κ3) is 2.77. The molecular formula is C8H10BF3N-. The summed E-state index contributed by atoms with van der Waals surface area (Å²) in [5, 5.41) is 0. The minimum Gasteiger partial charge on any atom is -0.445 e. The number of halogens is 3. The van der Waals surface area contributed by atoms with Gasteiger partial charge in [0.2, 0.25) is 0 Å². The van der Waals surface area contributed by atoms with E-state index in [-0.39, 0.29) is 0 Å². The summed E-state index contributed by atoms with van der Waals surface area (Å²) in [4.78, 5) is 0. The van der Waals surface area contributed by atoms with Gasteiger partial charge in [-0.1, -0.05) is 24.3 Å². The van der Waals surface area contributed by atoms with E-state index in [1.165, 1.54) is 12.1 Å². The van der Waals surface area contributed by atoms with Gasteiger partial charge in [0.05, 0.1) is 0 Å². The Labute approximate surface area is 74.8 Å². The molecule has 72 valence electrons. The summed E-state index contributed by atoms with van der Waals surface area (Å²) in [5.74, 6) is 0. The molecular weight excluding hydrogens is 178 g/mol. The van der Waals surface area contributed by atoms with E-state index >= 15 is 0 Å². The van der Waals surface area contributed by atoms with Gasteiger partial charge in [-0.2, -0.15) is 0 Å². The first-order valence-corrected chi connectivity index (χ1v) is 4.03. The smallest absolute Gasteiger partial charge is 0.445 e. The lowest BCUT2D eigenvalue weighted by Crippen LogP contribution is -2.33. The Bertz CT molecular complexity index is 268. The Morgan fingerprint density at radius 3 is 2.00 bits per heavy atom. The molecule has 0 aliphatic heterocycles. The van der Waals surface area contributed by atoms with Crippen molar-refractivity contribution in [2.45, 2.75) is 6.42 Å². The lowest BCUT2D eigenvalue weighted by molar-refractivity contribution is 0.501. The van der Waals surface area contributed by atoms with Crippen molar-refractivity contribution in [1.82, 2.24) is 0 Å². The summed E-state index contributed by atoms with van der Waals surface area (Å²) in [7, 11) is 0. The molecule has 0 aliphatic rings. The molecule has 0 radical (unpaired) electrons. The molecule has 5 heteroatoms. The third-order valence-electron chi connectivity index (χ3n) is 1.79. The molecule has 1 rings (SSSR count). The van der Waals surface area contributed by atoms with Gasteiger partial charge in [-0.3, -0.25) is 0 Å². The third-order valence-corrected chi connectivity index (χ3v) is 1.79. The van der Waals surface area contributed by atoms with E-state index in [1.807, 2.05) is 0 Å². The molecule has 0 saturated carbocycles. The lowest BCUT2D eigenvalue weighted by atomic mass is 9.80. The molecule has 1 nitrogen and oxygen atoms in total. The zero-order valence-electron chi connectivity index (χ0n) is 7.01. The van der Waals surface area contributed by atoms with Crippen LogP contribution < -0.4 is 11.2 Å². The fraction of sp³-hybridized carbons (Fsp3) is 0.250. The molecule has 0 spiro atoms. The van der Waals surface area contributed by atoms with Gasteiger partial charge in [0.25, 0.3) is 0 Å². The summed E-state index contributed by atoms with van der Waals surface area (Å²) in [6.07, 6.45) is 0.616. The second-order valence-electron chi connectivity index (χ2n) is 2.86. The van der Waals surface area contributed by atoms with E-state index in [9.17, 15) is 12.9 Å². The van der Waals surface area contributed by atoms with E-state index in [4.69, 9.17) is 5.73 Å². The molecule has 0 fully saturated rings. The van der Waals surface area contributed by atoms with Crippen molar-refractivity contribution >= 4 is 12.4 Å². The van der Waals surface area contributed by atoms with Gasteiger partial charge >= 0.3 is 6.98 Å². The Morgan fingerprint density at radius 2 is 1.62 bits per heavy atom. The molecule has 0 aromatic heterocycles. The molecule has 0 heterocycles. The highest BCUT2D eigenvalue weighted by atomic mass is 19.4. The van der Waals surface area contributed by atoms with Crippen molar-refractivity contribution < 1.29 is 12.9 Å². The predicted molar refractivity (Wildman–Crippen MR) is 47.9 cm³/mol. The van der Waals surface area contributed by atoms with Crippen LogP contribution >= 0.6 is 0 Å².